The second-order valence-electron chi connectivity index (χ2n) is 2.38. The van der Waals surface area contributed by atoms with Crippen LogP contribution >= 0.6 is 11.6 Å². The molecule has 0 atom stereocenters. The Hall–Kier alpha value is -0.600. The number of aromatic nitrogens is 1. The lowest BCUT2D eigenvalue weighted by molar-refractivity contribution is 0.299. The van der Waals surface area contributed by atoms with Crippen molar-refractivity contribution in [2.45, 2.75) is 13.3 Å². The fourth-order valence-electron chi connectivity index (χ4n) is 0.861. The van der Waals surface area contributed by atoms with Crippen LogP contribution in [0.2, 0.25) is 5.15 Å². The summed E-state index contributed by atoms with van der Waals surface area (Å²) in [6.45, 7) is 2.00. The maximum Gasteiger partial charge on any atom is 0.132 e. The molecule has 3 heteroatoms. The molecule has 1 aromatic heterocycles. The molecule has 1 aromatic rings. The van der Waals surface area contributed by atoms with Gasteiger partial charge in [-0.25, -0.2) is 4.98 Å². The fraction of sp³-hybridized carbons (Fsp3) is 0.375. The van der Waals surface area contributed by atoms with Gasteiger partial charge in [-0.05, 0) is 25.0 Å². The van der Waals surface area contributed by atoms with Crippen molar-refractivity contribution in [2.75, 3.05) is 6.61 Å². The molecule has 0 aliphatic heterocycles. The van der Waals surface area contributed by atoms with Gasteiger partial charge in [0.05, 0.1) is 0 Å². The summed E-state index contributed by atoms with van der Waals surface area (Å²) in [5, 5.41) is 9.13. The third-order valence-electron chi connectivity index (χ3n) is 1.45. The maximum absolute atomic E-state index is 8.63. The van der Waals surface area contributed by atoms with E-state index in [1.165, 1.54) is 0 Å². The monoisotopic (exact) mass is 171 g/mol. The average Bonchev–Trinajstić information content (AvgIpc) is 1.95. The number of pyridine rings is 1. The van der Waals surface area contributed by atoms with Gasteiger partial charge >= 0.3 is 0 Å². The molecular weight excluding hydrogens is 162 g/mol. The number of nitrogens with zero attached hydrogens (tertiary/aromatic N) is 1. The summed E-state index contributed by atoms with van der Waals surface area (Å²) in [6.07, 6.45) is 0.576. The van der Waals surface area contributed by atoms with Gasteiger partial charge in [0.1, 0.15) is 5.15 Å². The SMILES string of the molecule is Cc1ccc(CCO)c(Cl)n1. The third kappa shape index (κ3) is 2.17. The van der Waals surface area contributed by atoms with Crippen molar-refractivity contribution in [1.82, 2.24) is 4.98 Å². The Morgan fingerprint density at radius 3 is 2.82 bits per heavy atom. The highest BCUT2D eigenvalue weighted by Crippen LogP contribution is 2.13. The van der Waals surface area contributed by atoms with Crippen molar-refractivity contribution in [3.63, 3.8) is 0 Å². The van der Waals surface area contributed by atoms with Crippen molar-refractivity contribution >= 4 is 11.6 Å². The molecule has 0 saturated heterocycles. The van der Waals surface area contributed by atoms with Crippen molar-refractivity contribution < 1.29 is 5.11 Å². The molecule has 0 bridgehead atoms. The van der Waals surface area contributed by atoms with Gasteiger partial charge in [0.2, 0.25) is 0 Å². The van der Waals surface area contributed by atoms with Crippen LogP contribution in [0.15, 0.2) is 12.1 Å². The largest absolute Gasteiger partial charge is 0.396 e. The van der Waals surface area contributed by atoms with E-state index in [2.05, 4.69) is 4.98 Å². The predicted octanol–water partition coefficient (Wildman–Crippen LogP) is 1.58. The summed E-state index contributed by atoms with van der Waals surface area (Å²) in [4.78, 5) is 4.05. The van der Waals surface area contributed by atoms with Crippen molar-refractivity contribution in [3.8, 4) is 0 Å². The van der Waals surface area contributed by atoms with Crippen LogP contribution in [0.4, 0.5) is 0 Å². The molecular formula is C8H10ClNO. The molecule has 0 saturated carbocycles. The third-order valence-corrected chi connectivity index (χ3v) is 1.77. The first-order valence-corrected chi connectivity index (χ1v) is 3.84. The molecule has 1 N–H and O–H groups in total. The Bertz CT molecular complexity index is 250. The quantitative estimate of drug-likeness (QED) is 0.686. The van der Waals surface area contributed by atoms with Gasteiger partial charge in [-0.15, -0.1) is 0 Å². The zero-order valence-electron chi connectivity index (χ0n) is 6.34. The Kier molecular flexibility index (Phi) is 2.85. The van der Waals surface area contributed by atoms with E-state index in [0.29, 0.717) is 11.6 Å². The number of aryl methyl sites for hydroxylation is 1. The number of aliphatic hydroxyl groups is 1. The van der Waals surface area contributed by atoms with Crippen LogP contribution in [0.1, 0.15) is 11.3 Å². The van der Waals surface area contributed by atoms with Gasteiger partial charge in [-0.2, -0.15) is 0 Å². The van der Waals surface area contributed by atoms with Gasteiger partial charge in [0.15, 0.2) is 0 Å². The van der Waals surface area contributed by atoms with E-state index < -0.39 is 0 Å². The van der Waals surface area contributed by atoms with Crippen LogP contribution in [0.3, 0.4) is 0 Å². The van der Waals surface area contributed by atoms with Crippen LogP contribution in [-0.2, 0) is 6.42 Å². The topological polar surface area (TPSA) is 33.1 Å². The molecule has 0 fully saturated rings. The number of rotatable bonds is 2. The van der Waals surface area contributed by atoms with Gasteiger partial charge in [0, 0.05) is 12.3 Å². The normalized spacial score (nSPS) is 10.1. The lowest BCUT2D eigenvalue weighted by Gasteiger charge is -2.00. The zero-order valence-corrected chi connectivity index (χ0v) is 7.10. The summed E-state index contributed by atoms with van der Waals surface area (Å²) in [5.74, 6) is 0. The van der Waals surface area contributed by atoms with E-state index in [9.17, 15) is 0 Å². The molecule has 0 radical (unpaired) electrons. The second-order valence-corrected chi connectivity index (χ2v) is 2.73. The number of halogens is 1. The Morgan fingerprint density at radius 1 is 1.55 bits per heavy atom. The molecule has 0 aromatic carbocycles. The highest BCUT2D eigenvalue weighted by molar-refractivity contribution is 6.30. The molecule has 2 nitrogen and oxygen atoms in total. The zero-order chi connectivity index (χ0) is 8.27. The lowest BCUT2D eigenvalue weighted by atomic mass is 10.2. The van der Waals surface area contributed by atoms with Gasteiger partial charge in [0.25, 0.3) is 0 Å². The molecule has 0 unspecified atom stereocenters. The molecule has 1 rings (SSSR count). The van der Waals surface area contributed by atoms with Gasteiger partial charge in [-0.1, -0.05) is 17.7 Å². The van der Waals surface area contributed by atoms with Gasteiger partial charge in [-0.3, -0.25) is 0 Å². The first-order valence-electron chi connectivity index (χ1n) is 3.47. The highest BCUT2D eigenvalue weighted by Gasteiger charge is 1.99. The van der Waals surface area contributed by atoms with Crippen molar-refractivity contribution in [3.05, 3.63) is 28.5 Å². The van der Waals surface area contributed by atoms with Crippen LogP contribution in [0.5, 0.6) is 0 Å². The maximum atomic E-state index is 8.63. The second kappa shape index (κ2) is 3.69. The number of hydrogen-bond donors (Lipinski definition) is 1. The smallest absolute Gasteiger partial charge is 0.132 e. The van der Waals surface area contributed by atoms with Crippen molar-refractivity contribution in [2.24, 2.45) is 0 Å². The first kappa shape index (κ1) is 8.50. The van der Waals surface area contributed by atoms with Crippen LogP contribution < -0.4 is 0 Å². The van der Waals surface area contributed by atoms with E-state index in [1.807, 2.05) is 19.1 Å². The molecule has 0 aliphatic carbocycles. The number of aliphatic hydroxyl groups excluding tert-OH is 1. The molecule has 11 heavy (non-hydrogen) atoms. The fourth-order valence-corrected chi connectivity index (χ4v) is 1.15. The summed E-state index contributed by atoms with van der Waals surface area (Å²) >= 11 is 5.79. The molecule has 60 valence electrons. The summed E-state index contributed by atoms with van der Waals surface area (Å²) in [7, 11) is 0. The minimum atomic E-state index is 0.116. The summed E-state index contributed by atoms with van der Waals surface area (Å²) in [6, 6.07) is 3.78. The Morgan fingerprint density at radius 2 is 2.27 bits per heavy atom. The van der Waals surface area contributed by atoms with Crippen LogP contribution in [0, 0.1) is 6.92 Å². The minimum absolute atomic E-state index is 0.116. The summed E-state index contributed by atoms with van der Waals surface area (Å²) < 4.78 is 0. The Labute approximate surface area is 70.8 Å². The molecule has 0 amide bonds. The summed E-state index contributed by atoms with van der Waals surface area (Å²) in [5.41, 5.74) is 1.80. The van der Waals surface area contributed by atoms with Gasteiger partial charge < -0.3 is 5.11 Å². The standard InChI is InChI=1S/C8H10ClNO/c1-6-2-3-7(4-5-11)8(9)10-6/h2-3,11H,4-5H2,1H3. The lowest BCUT2D eigenvalue weighted by Crippen LogP contribution is -1.94. The average molecular weight is 172 g/mol. The van der Waals surface area contributed by atoms with E-state index in [4.69, 9.17) is 16.7 Å². The van der Waals surface area contributed by atoms with Crippen LogP contribution in [0.25, 0.3) is 0 Å². The van der Waals surface area contributed by atoms with E-state index in [0.717, 1.165) is 11.3 Å². The van der Waals surface area contributed by atoms with E-state index >= 15 is 0 Å². The van der Waals surface area contributed by atoms with Crippen LogP contribution in [-0.4, -0.2) is 16.7 Å². The highest BCUT2D eigenvalue weighted by atomic mass is 35.5. The molecule has 0 aliphatic rings. The molecule has 1 heterocycles. The number of hydrogen-bond acceptors (Lipinski definition) is 2. The minimum Gasteiger partial charge on any atom is -0.396 e. The Balaban J connectivity index is 2.90. The van der Waals surface area contributed by atoms with E-state index in [-0.39, 0.29) is 6.61 Å². The van der Waals surface area contributed by atoms with Crippen molar-refractivity contribution in [1.29, 1.82) is 0 Å². The predicted molar refractivity (Wildman–Crippen MR) is 44.8 cm³/mol. The first-order chi connectivity index (χ1) is 5.24. The molecule has 0 spiro atoms. The van der Waals surface area contributed by atoms with E-state index in [1.54, 1.807) is 0 Å².